The van der Waals surface area contributed by atoms with E-state index in [0.717, 1.165) is 19.3 Å². The van der Waals surface area contributed by atoms with Crippen LogP contribution in [0.3, 0.4) is 0 Å². The van der Waals surface area contributed by atoms with Gasteiger partial charge in [0.05, 0.1) is 0 Å². The summed E-state index contributed by atoms with van der Waals surface area (Å²) in [7, 11) is 0. The number of halogens is 1. The molecule has 17 heavy (non-hydrogen) atoms. The Morgan fingerprint density at radius 2 is 1.76 bits per heavy atom. The molecule has 0 radical (unpaired) electrons. The number of ketones is 1. The summed E-state index contributed by atoms with van der Waals surface area (Å²) in [6, 6.07) is 10.3. The second-order valence-corrected chi connectivity index (χ2v) is 7.63. The van der Waals surface area contributed by atoms with Gasteiger partial charge in [-0.15, -0.1) is 0 Å². The van der Waals surface area contributed by atoms with E-state index < -0.39 is 0 Å². The molecule has 1 fully saturated rings. The Morgan fingerprint density at radius 1 is 1.06 bits per heavy atom. The quantitative estimate of drug-likeness (QED) is 0.606. The van der Waals surface area contributed by atoms with Crippen molar-refractivity contribution in [2.24, 2.45) is 0 Å². The predicted molar refractivity (Wildman–Crippen MR) is 73.3 cm³/mol. The zero-order chi connectivity index (χ0) is 12.1. The fraction of sp³-hybridized carbons (Fsp3) is 0.500. The van der Waals surface area contributed by atoms with Crippen molar-refractivity contribution in [3.05, 3.63) is 30.3 Å². The first kappa shape index (κ1) is 13.1. The molecule has 1 aliphatic rings. The number of rotatable bonds is 2. The first-order valence-electron chi connectivity index (χ1n) is 6.17. The number of carbonyl (C=O) groups excluding carboxylic acids is 1. The Labute approximate surface area is 114 Å². The maximum absolute atomic E-state index is 12.2. The van der Waals surface area contributed by atoms with Crippen LogP contribution in [0.4, 0.5) is 0 Å². The van der Waals surface area contributed by atoms with E-state index >= 15 is 0 Å². The third-order valence-corrected chi connectivity index (χ3v) is 6.23. The zero-order valence-corrected chi connectivity index (χ0v) is 12.2. The van der Waals surface area contributed by atoms with Gasteiger partial charge in [0.1, 0.15) is 0 Å². The molecule has 0 amide bonds. The fourth-order valence-electron chi connectivity index (χ4n) is 2.10. The van der Waals surface area contributed by atoms with Crippen molar-refractivity contribution in [1.82, 2.24) is 0 Å². The van der Waals surface area contributed by atoms with Gasteiger partial charge in [0, 0.05) is 0 Å². The number of hydrogen-bond donors (Lipinski definition) is 0. The standard InChI is InChI=1S/C14H17ClOSe/c15-12-9-5-2-6-10-13(14(12)16)17-11-7-3-1-4-8-11/h1,3-4,7-8,12-13H,2,5-6,9-10H2. The van der Waals surface area contributed by atoms with Crippen LogP contribution in [0.5, 0.6) is 0 Å². The van der Waals surface area contributed by atoms with Crippen molar-refractivity contribution in [3.8, 4) is 0 Å². The molecule has 1 aliphatic carbocycles. The van der Waals surface area contributed by atoms with Crippen LogP contribution in [0, 0.1) is 0 Å². The first-order chi connectivity index (χ1) is 8.27. The maximum atomic E-state index is 12.2. The van der Waals surface area contributed by atoms with Crippen LogP contribution in [0.25, 0.3) is 0 Å². The molecule has 2 rings (SSSR count). The minimum absolute atomic E-state index is 0.188. The molecule has 0 N–H and O–H groups in total. The molecule has 0 bridgehead atoms. The van der Waals surface area contributed by atoms with Gasteiger partial charge in [0.25, 0.3) is 0 Å². The molecule has 0 aliphatic heterocycles. The molecule has 3 heteroatoms. The molecule has 0 aromatic heterocycles. The second kappa shape index (κ2) is 6.58. The summed E-state index contributed by atoms with van der Waals surface area (Å²) in [5.41, 5.74) is 0. The number of carbonyl (C=O) groups is 1. The summed E-state index contributed by atoms with van der Waals surface area (Å²) in [5.74, 6) is 0.287. The Morgan fingerprint density at radius 3 is 2.53 bits per heavy atom. The van der Waals surface area contributed by atoms with Crippen LogP contribution < -0.4 is 4.46 Å². The molecule has 0 saturated heterocycles. The SMILES string of the molecule is O=C1C(Cl)CCCCCC1[Se]c1ccccc1. The summed E-state index contributed by atoms with van der Waals surface area (Å²) < 4.78 is 1.31. The summed E-state index contributed by atoms with van der Waals surface area (Å²) in [6.45, 7) is 0. The van der Waals surface area contributed by atoms with E-state index in [0.29, 0.717) is 0 Å². The van der Waals surface area contributed by atoms with Gasteiger partial charge in [0.2, 0.25) is 0 Å². The van der Waals surface area contributed by atoms with Gasteiger partial charge in [0.15, 0.2) is 0 Å². The third-order valence-electron chi connectivity index (χ3n) is 3.07. The van der Waals surface area contributed by atoms with Crippen molar-refractivity contribution in [3.63, 3.8) is 0 Å². The molecule has 2 unspecified atom stereocenters. The Balaban J connectivity index is 2.04. The van der Waals surface area contributed by atoms with Crippen molar-refractivity contribution in [2.75, 3.05) is 0 Å². The van der Waals surface area contributed by atoms with Gasteiger partial charge >= 0.3 is 114 Å². The molecule has 0 heterocycles. The third kappa shape index (κ3) is 3.84. The van der Waals surface area contributed by atoms with E-state index in [1.54, 1.807) is 0 Å². The topological polar surface area (TPSA) is 17.1 Å². The molecule has 1 nitrogen and oxygen atoms in total. The van der Waals surface area contributed by atoms with E-state index in [-0.39, 0.29) is 30.9 Å². The summed E-state index contributed by atoms with van der Waals surface area (Å²) in [6.07, 6.45) is 5.39. The van der Waals surface area contributed by atoms with Crippen LogP contribution in [0.1, 0.15) is 32.1 Å². The van der Waals surface area contributed by atoms with Crippen molar-refractivity contribution < 1.29 is 4.79 Å². The average molecular weight is 316 g/mol. The van der Waals surface area contributed by atoms with E-state index in [9.17, 15) is 4.79 Å². The van der Waals surface area contributed by atoms with Crippen molar-refractivity contribution >= 4 is 36.8 Å². The number of alkyl halides is 1. The van der Waals surface area contributed by atoms with Crippen LogP contribution in [-0.4, -0.2) is 26.1 Å². The summed E-state index contributed by atoms with van der Waals surface area (Å²) in [5, 5.41) is -0.245. The predicted octanol–water partition coefficient (Wildman–Crippen LogP) is 2.95. The van der Waals surface area contributed by atoms with E-state index in [4.69, 9.17) is 11.6 Å². The fourth-order valence-corrected chi connectivity index (χ4v) is 5.11. The molecule has 1 aromatic rings. The van der Waals surface area contributed by atoms with Crippen LogP contribution >= 0.6 is 11.6 Å². The van der Waals surface area contributed by atoms with Gasteiger partial charge in [-0.05, 0) is 0 Å². The minimum atomic E-state index is -0.245. The first-order valence-corrected chi connectivity index (χ1v) is 8.45. The Hall–Kier alpha value is -0.301. The molecule has 0 spiro atoms. The van der Waals surface area contributed by atoms with Crippen molar-refractivity contribution in [2.45, 2.75) is 42.3 Å². The number of Topliss-reactive ketones (excluding diaryl/α,β-unsaturated/α-hetero) is 1. The summed E-state index contributed by atoms with van der Waals surface area (Å²) in [4.78, 5) is 12.4. The molecule has 1 aromatic carbocycles. The molecular weight excluding hydrogens is 299 g/mol. The van der Waals surface area contributed by atoms with Crippen LogP contribution in [-0.2, 0) is 4.79 Å². The molecule has 92 valence electrons. The average Bonchev–Trinajstić information content (AvgIpc) is 2.36. The van der Waals surface area contributed by atoms with E-state index in [2.05, 4.69) is 12.1 Å². The molecule has 1 saturated carbocycles. The van der Waals surface area contributed by atoms with Gasteiger partial charge < -0.3 is 0 Å². The number of benzene rings is 1. The normalized spacial score (nSPS) is 26.3. The molecule has 2 atom stereocenters. The summed E-state index contributed by atoms with van der Waals surface area (Å²) >= 11 is 6.40. The van der Waals surface area contributed by atoms with E-state index in [1.807, 2.05) is 18.2 Å². The second-order valence-electron chi connectivity index (χ2n) is 4.43. The van der Waals surface area contributed by atoms with Gasteiger partial charge in [-0.25, -0.2) is 0 Å². The molecular formula is C14H17ClOSe. The Kier molecular flexibility index (Phi) is 5.09. The zero-order valence-electron chi connectivity index (χ0n) is 9.77. The van der Waals surface area contributed by atoms with Gasteiger partial charge in [-0.1, -0.05) is 0 Å². The van der Waals surface area contributed by atoms with E-state index in [1.165, 1.54) is 17.3 Å². The Bertz CT molecular complexity index is 366. The number of hydrogen-bond acceptors (Lipinski definition) is 1. The van der Waals surface area contributed by atoms with Crippen LogP contribution in [0.15, 0.2) is 30.3 Å². The van der Waals surface area contributed by atoms with Gasteiger partial charge in [-0.3, -0.25) is 0 Å². The monoisotopic (exact) mass is 316 g/mol. The van der Waals surface area contributed by atoms with Crippen molar-refractivity contribution in [1.29, 1.82) is 0 Å². The van der Waals surface area contributed by atoms with Crippen LogP contribution in [0.2, 0.25) is 4.82 Å². The van der Waals surface area contributed by atoms with Gasteiger partial charge in [-0.2, -0.15) is 0 Å².